The van der Waals surface area contributed by atoms with Gasteiger partial charge < -0.3 is 15.0 Å². The number of sulfone groups is 1. The summed E-state index contributed by atoms with van der Waals surface area (Å²) in [7, 11) is -2.16. The molecule has 0 aliphatic heterocycles. The average Bonchev–Trinajstić information content (AvgIpc) is 3.01. The summed E-state index contributed by atoms with van der Waals surface area (Å²) in [6.45, 7) is 1.70. The maximum Gasteiger partial charge on any atom is 0.337 e. The highest BCUT2D eigenvalue weighted by Crippen LogP contribution is 2.32. The number of aryl methyl sites for hydroxylation is 1. The second kappa shape index (κ2) is 8.37. The van der Waals surface area contributed by atoms with Crippen LogP contribution in [0.5, 0.6) is 0 Å². The second-order valence-corrected chi connectivity index (χ2v) is 8.83. The van der Waals surface area contributed by atoms with Crippen LogP contribution < -0.4 is 5.73 Å². The van der Waals surface area contributed by atoms with Crippen molar-refractivity contribution in [1.82, 2.24) is 9.55 Å². The lowest BCUT2D eigenvalue weighted by molar-refractivity contribution is 0.0601. The molecule has 0 aliphatic carbocycles. The number of benzene rings is 2. The van der Waals surface area contributed by atoms with E-state index in [0.717, 1.165) is 6.26 Å². The van der Waals surface area contributed by atoms with E-state index in [1.165, 1.54) is 25.3 Å². The number of hydrogen-bond acceptors (Lipinski definition) is 6. The molecule has 0 atom stereocenters. The van der Waals surface area contributed by atoms with Gasteiger partial charge in [0.15, 0.2) is 9.84 Å². The predicted molar refractivity (Wildman–Crippen MR) is 113 cm³/mol. The van der Waals surface area contributed by atoms with Crippen LogP contribution in [0.1, 0.15) is 16.2 Å². The summed E-state index contributed by atoms with van der Waals surface area (Å²) in [5.41, 5.74) is 7.79. The molecule has 0 fully saturated rings. The fourth-order valence-corrected chi connectivity index (χ4v) is 3.90. The Kier molecular flexibility index (Phi) is 6.04. The highest BCUT2D eigenvalue weighted by molar-refractivity contribution is 7.90. The number of halogens is 1. The van der Waals surface area contributed by atoms with E-state index in [4.69, 9.17) is 10.5 Å². The highest BCUT2D eigenvalue weighted by atomic mass is 32.2. The van der Waals surface area contributed by atoms with E-state index in [2.05, 4.69) is 4.98 Å². The molecule has 0 bridgehead atoms. The van der Waals surface area contributed by atoms with Crippen LogP contribution in [0.3, 0.4) is 0 Å². The van der Waals surface area contributed by atoms with Gasteiger partial charge in [-0.05, 0) is 42.8 Å². The Labute approximate surface area is 173 Å². The zero-order valence-electron chi connectivity index (χ0n) is 16.8. The first-order valence-corrected chi connectivity index (χ1v) is 11.0. The van der Waals surface area contributed by atoms with Gasteiger partial charge in [-0.15, -0.1) is 0 Å². The quantitative estimate of drug-likeness (QED) is 0.602. The van der Waals surface area contributed by atoms with Gasteiger partial charge in [0.2, 0.25) is 0 Å². The fraction of sp³-hybridized carbons (Fsp3) is 0.238. The summed E-state index contributed by atoms with van der Waals surface area (Å²) in [5, 5.41) is 0. The van der Waals surface area contributed by atoms with Crippen LogP contribution in [-0.2, 0) is 21.1 Å². The van der Waals surface area contributed by atoms with Gasteiger partial charge in [-0.25, -0.2) is 22.6 Å². The number of carbonyl (C=O) groups excluding carboxylic acids is 1. The Balaban J connectivity index is 2.31. The highest BCUT2D eigenvalue weighted by Gasteiger charge is 2.19. The van der Waals surface area contributed by atoms with Crippen LogP contribution in [-0.4, -0.2) is 43.8 Å². The number of methoxy groups -OCH3 is 1. The number of nitrogens with two attached hydrogens (primary N) is 1. The number of fused-ring (bicyclic) bond motifs is 1. The number of ether oxygens (including phenoxy) is 1. The molecule has 0 saturated carbocycles. The Morgan fingerprint density at radius 3 is 2.67 bits per heavy atom. The van der Waals surface area contributed by atoms with E-state index in [-0.39, 0.29) is 23.5 Å². The lowest BCUT2D eigenvalue weighted by Crippen LogP contribution is -2.05. The van der Waals surface area contributed by atoms with Crippen molar-refractivity contribution in [2.75, 3.05) is 19.9 Å². The zero-order valence-corrected chi connectivity index (χ0v) is 17.7. The first-order chi connectivity index (χ1) is 14.2. The Morgan fingerprint density at radius 1 is 1.30 bits per heavy atom. The van der Waals surface area contributed by atoms with E-state index in [1.54, 1.807) is 35.8 Å². The minimum atomic E-state index is -3.43. The molecule has 3 rings (SSSR count). The minimum absolute atomic E-state index is 0.0639. The van der Waals surface area contributed by atoms with E-state index in [0.29, 0.717) is 28.0 Å². The van der Waals surface area contributed by atoms with Crippen molar-refractivity contribution in [1.29, 1.82) is 0 Å². The first-order valence-electron chi connectivity index (χ1n) is 9.10. The van der Waals surface area contributed by atoms with Crippen molar-refractivity contribution < 1.29 is 22.3 Å². The van der Waals surface area contributed by atoms with E-state index in [1.807, 2.05) is 0 Å². The van der Waals surface area contributed by atoms with Crippen LogP contribution in [0.25, 0.3) is 22.2 Å². The van der Waals surface area contributed by atoms with Gasteiger partial charge in [-0.1, -0.05) is 12.1 Å². The standard InChI is InChI=1S/C21H22FN3O4S/c1-13-24-20-18(14-5-4-6-17(9-14)30(3,27)28)10-15(21(26)29-2)11-19(20)25(13)12-16(22)7-8-23/h4-7,9-11H,8,12,23H2,1-3H3. The summed E-state index contributed by atoms with van der Waals surface area (Å²) < 4.78 is 44.6. The molecule has 2 N–H and O–H groups in total. The smallest absolute Gasteiger partial charge is 0.337 e. The molecule has 7 nitrogen and oxygen atoms in total. The molecule has 1 heterocycles. The van der Waals surface area contributed by atoms with Crippen LogP contribution in [0.2, 0.25) is 0 Å². The van der Waals surface area contributed by atoms with Crippen LogP contribution in [0.15, 0.2) is 53.2 Å². The second-order valence-electron chi connectivity index (χ2n) is 6.81. The summed E-state index contributed by atoms with van der Waals surface area (Å²) in [6, 6.07) is 9.55. The monoisotopic (exact) mass is 431 g/mol. The van der Waals surface area contributed by atoms with Gasteiger partial charge in [0, 0.05) is 18.4 Å². The predicted octanol–water partition coefficient (Wildman–Crippen LogP) is 3.01. The molecule has 0 aliphatic rings. The van der Waals surface area contributed by atoms with Gasteiger partial charge in [0.05, 0.1) is 35.1 Å². The minimum Gasteiger partial charge on any atom is -0.465 e. The van der Waals surface area contributed by atoms with Crippen molar-refractivity contribution in [3.8, 4) is 11.1 Å². The number of imidazole rings is 1. The molecule has 158 valence electrons. The van der Waals surface area contributed by atoms with Gasteiger partial charge in [0.25, 0.3) is 0 Å². The molecule has 0 saturated heterocycles. The molecule has 0 amide bonds. The Bertz CT molecular complexity index is 1260. The SMILES string of the molecule is COC(=O)c1cc(-c2cccc(S(C)(=O)=O)c2)c2nc(C)n(CC(F)=CCN)c2c1. The lowest BCUT2D eigenvalue weighted by atomic mass is 10.0. The van der Waals surface area contributed by atoms with E-state index in [9.17, 15) is 17.6 Å². The normalized spacial score (nSPS) is 12.4. The molecular formula is C21H22FN3O4S. The van der Waals surface area contributed by atoms with Crippen molar-refractivity contribution in [3.05, 3.63) is 59.7 Å². The third-order valence-corrected chi connectivity index (χ3v) is 5.80. The summed E-state index contributed by atoms with van der Waals surface area (Å²) >= 11 is 0. The number of rotatable bonds is 6. The van der Waals surface area contributed by atoms with Crippen LogP contribution >= 0.6 is 0 Å². The van der Waals surface area contributed by atoms with E-state index >= 15 is 0 Å². The Morgan fingerprint density at radius 2 is 2.03 bits per heavy atom. The maximum atomic E-state index is 14.2. The zero-order chi connectivity index (χ0) is 22.1. The number of nitrogens with zero attached hydrogens (tertiary/aromatic N) is 2. The molecule has 0 unspecified atom stereocenters. The summed E-state index contributed by atoms with van der Waals surface area (Å²) in [5.74, 6) is -0.460. The number of esters is 1. The molecular weight excluding hydrogens is 409 g/mol. The number of hydrogen-bond donors (Lipinski definition) is 1. The van der Waals surface area contributed by atoms with Crippen LogP contribution in [0, 0.1) is 6.92 Å². The average molecular weight is 431 g/mol. The molecule has 9 heteroatoms. The van der Waals surface area contributed by atoms with Gasteiger partial charge in [-0.3, -0.25) is 0 Å². The molecule has 2 aromatic carbocycles. The summed E-state index contributed by atoms with van der Waals surface area (Å²) in [4.78, 5) is 17.0. The topological polar surface area (TPSA) is 104 Å². The third-order valence-electron chi connectivity index (χ3n) is 4.69. The molecule has 0 spiro atoms. The molecule has 0 radical (unpaired) electrons. The van der Waals surface area contributed by atoms with Gasteiger partial charge in [0.1, 0.15) is 11.7 Å². The van der Waals surface area contributed by atoms with Crippen molar-refractivity contribution in [3.63, 3.8) is 0 Å². The van der Waals surface area contributed by atoms with Crippen molar-refractivity contribution in [2.24, 2.45) is 5.73 Å². The number of allylic oxidation sites excluding steroid dienone is 1. The first kappa shape index (κ1) is 21.7. The van der Waals surface area contributed by atoms with Gasteiger partial charge in [-0.2, -0.15) is 0 Å². The number of aromatic nitrogens is 2. The maximum absolute atomic E-state index is 14.2. The van der Waals surface area contributed by atoms with Crippen LogP contribution in [0.4, 0.5) is 4.39 Å². The van der Waals surface area contributed by atoms with Crippen molar-refractivity contribution >= 4 is 26.8 Å². The molecule has 30 heavy (non-hydrogen) atoms. The fourth-order valence-electron chi connectivity index (χ4n) is 3.23. The summed E-state index contributed by atoms with van der Waals surface area (Å²) in [6.07, 6.45) is 2.39. The van der Waals surface area contributed by atoms with Crippen molar-refractivity contribution in [2.45, 2.75) is 18.4 Å². The third kappa shape index (κ3) is 4.27. The Hall–Kier alpha value is -3.04. The number of carbonyl (C=O) groups is 1. The largest absolute Gasteiger partial charge is 0.465 e. The van der Waals surface area contributed by atoms with Gasteiger partial charge >= 0.3 is 5.97 Å². The molecule has 1 aromatic heterocycles. The van der Waals surface area contributed by atoms with E-state index < -0.39 is 21.6 Å². The lowest BCUT2D eigenvalue weighted by Gasteiger charge is -2.10. The molecule has 3 aromatic rings.